The van der Waals surface area contributed by atoms with Gasteiger partial charge in [0.1, 0.15) is 5.75 Å². The highest BCUT2D eigenvalue weighted by Crippen LogP contribution is 2.21. The number of piperidine rings is 1. The maximum absolute atomic E-state index is 11.2. The van der Waals surface area contributed by atoms with E-state index in [0.717, 1.165) is 37.1 Å². The van der Waals surface area contributed by atoms with Crippen molar-refractivity contribution >= 4 is 23.0 Å². The maximum atomic E-state index is 11.2. The molecule has 0 spiro atoms. The van der Waals surface area contributed by atoms with E-state index in [0.29, 0.717) is 0 Å². The smallest absolute Gasteiger partial charge is 0.308 e. The number of nitrogens with one attached hydrogen (secondary N) is 1. The van der Waals surface area contributed by atoms with Crippen molar-refractivity contribution in [1.29, 1.82) is 0 Å². The van der Waals surface area contributed by atoms with Crippen molar-refractivity contribution in [3.05, 3.63) is 29.8 Å². The summed E-state index contributed by atoms with van der Waals surface area (Å²) in [6.07, 6.45) is 2.46. The SMILES string of the molecule is Br.COc1ccc(CC2NCCCC2C(=O)O)cc1. The van der Waals surface area contributed by atoms with E-state index in [2.05, 4.69) is 5.32 Å². The number of halogens is 1. The third kappa shape index (κ3) is 4.21. The average Bonchev–Trinajstić information content (AvgIpc) is 2.40. The summed E-state index contributed by atoms with van der Waals surface area (Å²) >= 11 is 0. The number of methoxy groups -OCH3 is 1. The van der Waals surface area contributed by atoms with Crippen molar-refractivity contribution in [3.63, 3.8) is 0 Å². The second-order valence-electron chi connectivity index (χ2n) is 4.70. The highest BCUT2D eigenvalue weighted by molar-refractivity contribution is 8.93. The molecular formula is C14H20BrNO3. The number of hydrogen-bond donors (Lipinski definition) is 2. The monoisotopic (exact) mass is 329 g/mol. The van der Waals surface area contributed by atoms with Gasteiger partial charge in [0.25, 0.3) is 0 Å². The van der Waals surface area contributed by atoms with Gasteiger partial charge in [0.05, 0.1) is 13.0 Å². The summed E-state index contributed by atoms with van der Waals surface area (Å²) < 4.78 is 5.11. The topological polar surface area (TPSA) is 58.6 Å². The van der Waals surface area contributed by atoms with Crippen LogP contribution in [0.1, 0.15) is 18.4 Å². The van der Waals surface area contributed by atoms with Crippen molar-refractivity contribution in [2.24, 2.45) is 5.92 Å². The molecule has 19 heavy (non-hydrogen) atoms. The van der Waals surface area contributed by atoms with E-state index in [-0.39, 0.29) is 28.9 Å². The molecule has 1 fully saturated rings. The Bertz CT molecular complexity index is 408. The molecule has 1 aromatic carbocycles. The minimum Gasteiger partial charge on any atom is -0.497 e. The van der Waals surface area contributed by atoms with Crippen LogP contribution in [0.4, 0.5) is 0 Å². The predicted molar refractivity (Wildman–Crippen MR) is 79.2 cm³/mol. The van der Waals surface area contributed by atoms with Gasteiger partial charge in [0.2, 0.25) is 0 Å². The van der Waals surface area contributed by atoms with Crippen LogP contribution < -0.4 is 10.1 Å². The molecule has 0 bridgehead atoms. The van der Waals surface area contributed by atoms with Crippen molar-refractivity contribution < 1.29 is 14.6 Å². The summed E-state index contributed by atoms with van der Waals surface area (Å²) in [5, 5.41) is 12.5. The van der Waals surface area contributed by atoms with Crippen LogP contribution in [0.5, 0.6) is 5.75 Å². The number of hydrogen-bond acceptors (Lipinski definition) is 3. The summed E-state index contributed by atoms with van der Waals surface area (Å²) in [5.74, 6) is -0.147. The molecule has 2 unspecified atom stereocenters. The van der Waals surface area contributed by atoms with Gasteiger partial charge in [-0.25, -0.2) is 0 Å². The Morgan fingerprint density at radius 1 is 1.42 bits per heavy atom. The minimum atomic E-state index is -0.694. The maximum Gasteiger partial charge on any atom is 0.308 e. The van der Waals surface area contributed by atoms with E-state index < -0.39 is 5.97 Å². The third-order valence-corrected chi connectivity index (χ3v) is 3.52. The predicted octanol–water partition coefficient (Wildman–Crippen LogP) is 2.27. The summed E-state index contributed by atoms with van der Waals surface area (Å²) in [5.41, 5.74) is 1.14. The Labute approximate surface area is 123 Å². The van der Waals surface area contributed by atoms with E-state index in [9.17, 15) is 9.90 Å². The van der Waals surface area contributed by atoms with Crippen LogP contribution in [-0.2, 0) is 11.2 Å². The molecule has 4 nitrogen and oxygen atoms in total. The zero-order chi connectivity index (χ0) is 13.0. The van der Waals surface area contributed by atoms with Gasteiger partial charge in [-0.3, -0.25) is 4.79 Å². The summed E-state index contributed by atoms with van der Waals surface area (Å²) in [6.45, 7) is 0.907. The number of benzene rings is 1. The molecule has 1 saturated heterocycles. The zero-order valence-corrected chi connectivity index (χ0v) is 12.7. The second-order valence-corrected chi connectivity index (χ2v) is 4.70. The Hall–Kier alpha value is -1.07. The molecule has 5 heteroatoms. The number of carboxylic acid groups (broad SMARTS) is 1. The van der Waals surface area contributed by atoms with Gasteiger partial charge in [0, 0.05) is 6.04 Å². The lowest BCUT2D eigenvalue weighted by Crippen LogP contribution is -2.46. The van der Waals surface area contributed by atoms with Gasteiger partial charge < -0.3 is 15.2 Å². The fourth-order valence-electron chi connectivity index (χ4n) is 2.48. The highest BCUT2D eigenvalue weighted by atomic mass is 79.9. The molecule has 0 aliphatic carbocycles. The van der Waals surface area contributed by atoms with E-state index >= 15 is 0 Å². The van der Waals surface area contributed by atoms with Crippen LogP contribution in [-0.4, -0.2) is 30.8 Å². The van der Waals surface area contributed by atoms with E-state index in [1.54, 1.807) is 7.11 Å². The Morgan fingerprint density at radius 3 is 2.68 bits per heavy atom. The number of carbonyl (C=O) groups is 1. The number of aliphatic carboxylic acids is 1. The van der Waals surface area contributed by atoms with Gasteiger partial charge in [-0.05, 0) is 43.5 Å². The van der Waals surface area contributed by atoms with Crippen molar-refractivity contribution in [2.75, 3.05) is 13.7 Å². The van der Waals surface area contributed by atoms with E-state index in [1.165, 1.54) is 0 Å². The first-order valence-corrected chi connectivity index (χ1v) is 6.30. The van der Waals surface area contributed by atoms with Crippen molar-refractivity contribution in [1.82, 2.24) is 5.32 Å². The molecule has 1 heterocycles. The second kappa shape index (κ2) is 7.50. The molecule has 2 rings (SSSR count). The highest BCUT2D eigenvalue weighted by Gasteiger charge is 2.30. The number of rotatable bonds is 4. The molecule has 0 radical (unpaired) electrons. The lowest BCUT2D eigenvalue weighted by Gasteiger charge is -2.29. The van der Waals surface area contributed by atoms with Crippen molar-refractivity contribution in [2.45, 2.75) is 25.3 Å². The fraction of sp³-hybridized carbons (Fsp3) is 0.500. The van der Waals surface area contributed by atoms with Crippen LogP contribution in [0.25, 0.3) is 0 Å². The molecular weight excluding hydrogens is 310 g/mol. The summed E-state index contributed by atoms with van der Waals surface area (Å²) in [6, 6.07) is 7.84. The first-order chi connectivity index (χ1) is 8.70. The molecule has 0 aromatic heterocycles. The lowest BCUT2D eigenvalue weighted by atomic mass is 9.87. The van der Waals surface area contributed by atoms with Crippen LogP contribution in [0.3, 0.4) is 0 Å². The lowest BCUT2D eigenvalue weighted by molar-refractivity contribution is -0.143. The van der Waals surface area contributed by atoms with Gasteiger partial charge in [-0.2, -0.15) is 0 Å². The van der Waals surface area contributed by atoms with E-state index in [4.69, 9.17) is 4.74 Å². The van der Waals surface area contributed by atoms with Gasteiger partial charge >= 0.3 is 5.97 Å². The molecule has 1 aliphatic heterocycles. The van der Waals surface area contributed by atoms with Gasteiger partial charge in [0.15, 0.2) is 0 Å². The zero-order valence-electron chi connectivity index (χ0n) is 11.0. The Morgan fingerprint density at radius 2 is 2.11 bits per heavy atom. The summed E-state index contributed by atoms with van der Waals surface area (Å²) in [4.78, 5) is 11.2. The van der Waals surface area contributed by atoms with Crippen molar-refractivity contribution in [3.8, 4) is 5.75 Å². The van der Waals surface area contributed by atoms with Crippen LogP contribution >= 0.6 is 17.0 Å². The summed E-state index contributed by atoms with van der Waals surface area (Å²) in [7, 11) is 1.64. The number of ether oxygens (including phenoxy) is 1. The van der Waals surface area contributed by atoms with Crippen LogP contribution in [0.2, 0.25) is 0 Å². The molecule has 1 aliphatic rings. The average molecular weight is 330 g/mol. The van der Waals surface area contributed by atoms with Crippen LogP contribution in [0, 0.1) is 5.92 Å². The van der Waals surface area contributed by atoms with E-state index in [1.807, 2.05) is 24.3 Å². The number of carboxylic acids is 1. The Balaban J connectivity index is 0.00000180. The molecule has 2 N–H and O–H groups in total. The quantitative estimate of drug-likeness (QED) is 0.889. The standard InChI is InChI=1S/C14H19NO3.BrH/c1-18-11-6-4-10(5-7-11)9-13-12(14(16)17)3-2-8-15-13;/h4-7,12-13,15H,2-3,8-9H2,1H3,(H,16,17);1H. The van der Waals surface area contributed by atoms with Gasteiger partial charge in [-0.1, -0.05) is 12.1 Å². The Kier molecular flexibility index (Phi) is 6.31. The largest absolute Gasteiger partial charge is 0.497 e. The molecule has 0 saturated carbocycles. The van der Waals surface area contributed by atoms with Crippen LogP contribution in [0.15, 0.2) is 24.3 Å². The minimum absolute atomic E-state index is 0. The molecule has 2 atom stereocenters. The van der Waals surface area contributed by atoms with Gasteiger partial charge in [-0.15, -0.1) is 17.0 Å². The molecule has 1 aromatic rings. The first kappa shape index (κ1) is 16.0. The fourth-order valence-corrected chi connectivity index (χ4v) is 2.48. The normalized spacial score (nSPS) is 22.4. The third-order valence-electron chi connectivity index (χ3n) is 3.52. The first-order valence-electron chi connectivity index (χ1n) is 6.30. The molecule has 0 amide bonds. The molecule has 106 valence electrons.